The lowest BCUT2D eigenvalue weighted by Crippen LogP contribution is -2.42. The molecular formula is C25H25N3O3. The quantitative estimate of drug-likeness (QED) is 0.569. The number of aryl methyl sites for hydroxylation is 2. The molecule has 0 radical (unpaired) electrons. The molecule has 3 aromatic rings. The van der Waals surface area contributed by atoms with Gasteiger partial charge in [0.05, 0.1) is 0 Å². The molecule has 0 spiro atoms. The Hall–Kier alpha value is -3.54. The van der Waals surface area contributed by atoms with Gasteiger partial charge in [-0.3, -0.25) is 9.59 Å². The number of ketones is 1. The molecule has 4 rings (SSSR count). The fourth-order valence-corrected chi connectivity index (χ4v) is 3.91. The number of amides is 1. The second-order valence-electron chi connectivity index (χ2n) is 7.84. The number of carbonyl (C=O) groups excluding carboxylic acids is 2. The Morgan fingerprint density at radius 1 is 0.968 bits per heavy atom. The Labute approximate surface area is 181 Å². The summed E-state index contributed by atoms with van der Waals surface area (Å²) in [5.74, 6) is 1.70. The van der Waals surface area contributed by atoms with Crippen molar-refractivity contribution in [3.05, 3.63) is 83.4 Å². The van der Waals surface area contributed by atoms with Crippen LogP contribution in [0, 0.1) is 19.8 Å². The topological polar surface area (TPSA) is 72.4 Å². The van der Waals surface area contributed by atoms with Crippen LogP contribution < -0.4 is 4.74 Å². The molecule has 1 amide bonds. The number of nitrogens with zero attached hydrogens (tertiary/aromatic N) is 3. The van der Waals surface area contributed by atoms with Crippen LogP contribution in [0.25, 0.3) is 0 Å². The fourth-order valence-electron chi connectivity index (χ4n) is 3.91. The minimum atomic E-state index is -0.220. The Bertz CT molecular complexity index is 1060. The van der Waals surface area contributed by atoms with Crippen LogP contribution in [0.15, 0.2) is 60.7 Å². The van der Waals surface area contributed by atoms with Crippen LogP contribution in [0.1, 0.15) is 45.2 Å². The summed E-state index contributed by atoms with van der Waals surface area (Å²) in [5, 5.41) is 0. The van der Waals surface area contributed by atoms with Crippen molar-refractivity contribution in [3.63, 3.8) is 0 Å². The molecule has 0 aliphatic carbocycles. The van der Waals surface area contributed by atoms with Gasteiger partial charge in [0.1, 0.15) is 23.0 Å². The van der Waals surface area contributed by atoms with Crippen LogP contribution >= 0.6 is 0 Å². The predicted molar refractivity (Wildman–Crippen MR) is 117 cm³/mol. The molecule has 0 bridgehead atoms. The summed E-state index contributed by atoms with van der Waals surface area (Å²) in [5.41, 5.74) is 1.78. The van der Waals surface area contributed by atoms with Gasteiger partial charge in [-0.25, -0.2) is 9.97 Å². The molecule has 1 aromatic heterocycles. The molecule has 2 heterocycles. The molecule has 1 saturated heterocycles. The summed E-state index contributed by atoms with van der Waals surface area (Å²) in [6.07, 6.45) is 1.56. The third-order valence-corrected chi connectivity index (χ3v) is 5.38. The van der Waals surface area contributed by atoms with Crippen molar-refractivity contribution in [2.24, 2.45) is 5.92 Å². The number of ether oxygens (including phenoxy) is 1. The number of likely N-dealkylation sites (tertiary alicyclic amines) is 1. The van der Waals surface area contributed by atoms with E-state index >= 15 is 0 Å². The number of benzene rings is 2. The number of hydrogen-bond donors (Lipinski definition) is 0. The van der Waals surface area contributed by atoms with Crippen LogP contribution in [0.4, 0.5) is 0 Å². The highest BCUT2D eigenvalue weighted by Crippen LogP contribution is 2.25. The standard InChI is InChI=1S/C25H25N3O3/c1-17-15-23(27-18(2)26-17)25(30)28-14-6-7-20(16-28)24(29)19-10-12-22(13-11-19)31-21-8-4-3-5-9-21/h3-5,8-13,15,20H,6-7,14,16H2,1-2H3/t20-/m1/s1. The predicted octanol–water partition coefficient (Wildman–Crippen LogP) is 4.62. The molecule has 0 N–H and O–H groups in total. The lowest BCUT2D eigenvalue weighted by molar-refractivity contribution is 0.0631. The van der Waals surface area contributed by atoms with Crippen LogP contribution in [-0.2, 0) is 0 Å². The molecular weight excluding hydrogens is 390 g/mol. The van der Waals surface area contributed by atoms with Crippen molar-refractivity contribution in [1.29, 1.82) is 0 Å². The lowest BCUT2D eigenvalue weighted by Gasteiger charge is -2.32. The number of Topliss-reactive ketones (excluding diaryl/α,β-unsaturated/α-hetero) is 1. The number of para-hydroxylation sites is 1. The van der Waals surface area contributed by atoms with E-state index in [1.165, 1.54) is 0 Å². The van der Waals surface area contributed by atoms with E-state index in [0.717, 1.165) is 24.3 Å². The van der Waals surface area contributed by atoms with Gasteiger partial charge in [-0.05, 0) is 69.2 Å². The number of aromatic nitrogens is 2. The van der Waals surface area contributed by atoms with Crippen LogP contribution in [-0.4, -0.2) is 39.6 Å². The fraction of sp³-hybridized carbons (Fsp3) is 0.280. The molecule has 0 unspecified atom stereocenters. The molecule has 6 nitrogen and oxygen atoms in total. The van der Waals surface area contributed by atoms with Gasteiger partial charge >= 0.3 is 0 Å². The van der Waals surface area contributed by atoms with Crippen LogP contribution in [0.5, 0.6) is 11.5 Å². The lowest BCUT2D eigenvalue weighted by atomic mass is 9.90. The third-order valence-electron chi connectivity index (χ3n) is 5.38. The summed E-state index contributed by atoms with van der Waals surface area (Å²) < 4.78 is 5.80. The maximum atomic E-state index is 13.1. The number of rotatable bonds is 5. The monoisotopic (exact) mass is 415 g/mol. The average molecular weight is 415 g/mol. The van der Waals surface area contributed by atoms with Crippen molar-refractivity contribution in [2.45, 2.75) is 26.7 Å². The second-order valence-corrected chi connectivity index (χ2v) is 7.84. The maximum Gasteiger partial charge on any atom is 0.272 e. The van der Waals surface area contributed by atoms with Gasteiger partial charge in [-0.1, -0.05) is 18.2 Å². The van der Waals surface area contributed by atoms with Crippen molar-refractivity contribution in [1.82, 2.24) is 14.9 Å². The zero-order valence-electron chi connectivity index (χ0n) is 17.7. The van der Waals surface area contributed by atoms with Crippen LogP contribution in [0.2, 0.25) is 0 Å². The van der Waals surface area contributed by atoms with E-state index in [1.807, 2.05) is 37.3 Å². The molecule has 1 aliphatic rings. The molecule has 2 aromatic carbocycles. The molecule has 31 heavy (non-hydrogen) atoms. The molecule has 0 saturated carbocycles. The maximum absolute atomic E-state index is 13.1. The van der Waals surface area contributed by atoms with Crippen molar-refractivity contribution in [2.75, 3.05) is 13.1 Å². The van der Waals surface area contributed by atoms with Gasteiger partial charge in [0.2, 0.25) is 0 Å². The summed E-state index contributed by atoms with van der Waals surface area (Å²) >= 11 is 0. The number of hydrogen-bond acceptors (Lipinski definition) is 5. The Balaban J connectivity index is 1.43. The minimum Gasteiger partial charge on any atom is -0.457 e. The van der Waals surface area contributed by atoms with E-state index in [-0.39, 0.29) is 17.6 Å². The molecule has 6 heteroatoms. The van der Waals surface area contributed by atoms with E-state index in [4.69, 9.17) is 4.74 Å². The first-order valence-electron chi connectivity index (χ1n) is 10.5. The summed E-state index contributed by atoms with van der Waals surface area (Å²) in [6, 6.07) is 18.4. The first-order valence-corrected chi connectivity index (χ1v) is 10.5. The van der Waals surface area contributed by atoms with Gasteiger partial charge in [-0.15, -0.1) is 0 Å². The average Bonchev–Trinajstić information content (AvgIpc) is 2.79. The Morgan fingerprint density at radius 3 is 2.39 bits per heavy atom. The number of carbonyl (C=O) groups is 2. The van der Waals surface area contributed by atoms with Gasteiger partial charge in [0.15, 0.2) is 5.78 Å². The second kappa shape index (κ2) is 9.08. The SMILES string of the molecule is Cc1cc(C(=O)N2CCC[C@@H](C(=O)c3ccc(Oc4ccccc4)cc3)C2)nc(C)n1. The van der Waals surface area contributed by atoms with Crippen molar-refractivity contribution < 1.29 is 14.3 Å². The zero-order chi connectivity index (χ0) is 21.8. The van der Waals surface area contributed by atoms with Gasteiger partial charge < -0.3 is 9.64 Å². The zero-order valence-corrected chi connectivity index (χ0v) is 17.7. The Morgan fingerprint density at radius 2 is 1.68 bits per heavy atom. The van der Waals surface area contributed by atoms with Gasteiger partial charge in [0, 0.05) is 30.3 Å². The summed E-state index contributed by atoms with van der Waals surface area (Å²) in [7, 11) is 0. The summed E-state index contributed by atoms with van der Waals surface area (Å²) in [4.78, 5) is 36.3. The van der Waals surface area contributed by atoms with E-state index in [0.29, 0.717) is 35.9 Å². The molecule has 158 valence electrons. The van der Waals surface area contributed by atoms with Gasteiger partial charge in [-0.2, -0.15) is 0 Å². The van der Waals surface area contributed by atoms with Crippen molar-refractivity contribution >= 4 is 11.7 Å². The summed E-state index contributed by atoms with van der Waals surface area (Å²) in [6.45, 7) is 4.66. The number of piperidine rings is 1. The molecule has 1 aliphatic heterocycles. The van der Waals surface area contributed by atoms with E-state index in [1.54, 1.807) is 42.2 Å². The van der Waals surface area contributed by atoms with E-state index < -0.39 is 0 Å². The highest BCUT2D eigenvalue weighted by Gasteiger charge is 2.30. The molecule has 1 fully saturated rings. The largest absolute Gasteiger partial charge is 0.457 e. The minimum absolute atomic E-state index is 0.0545. The highest BCUT2D eigenvalue weighted by molar-refractivity contribution is 5.99. The highest BCUT2D eigenvalue weighted by atomic mass is 16.5. The first-order chi connectivity index (χ1) is 15.0. The van der Waals surface area contributed by atoms with Gasteiger partial charge in [0.25, 0.3) is 5.91 Å². The molecule has 1 atom stereocenters. The third kappa shape index (κ3) is 4.97. The van der Waals surface area contributed by atoms with Crippen molar-refractivity contribution in [3.8, 4) is 11.5 Å². The first kappa shape index (κ1) is 20.7. The smallest absolute Gasteiger partial charge is 0.272 e. The van der Waals surface area contributed by atoms with E-state index in [2.05, 4.69) is 9.97 Å². The Kier molecular flexibility index (Phi) is 6.07. The van der Waals surface area contributed by atoms with Crippen LogP contribution in [0.3, 0.4) is 0 Å². The van der Waals surface area contributed by atoms with E-state index in [9.17, 15) is 9.59 Å². The normalized spacial score (nSPS) is 16.1.